The van der Waals surface area contributed by atoms with E-state index in [9.17, 15) is 13.2 Å². The second-order valence-electron chi connectivity index (χ2n) is 6.94. The molecule has 1 N–H and O–H groups in total. The molecule has 0 radical (unpaired) electrons. The number of carbonyl (C=O) groups is 1. The van der Waals surface area contributed by atoms with Crippen LogP contribution in [0.1, 0.15) is 21.5 Å². The Morgan fingerprint density at radius 2 is 1.69 bits per heavy atom. The van der Waals surface area contributed by atoms with E-state index in [0.717, 1.165) is 15.6 Å². The van der Waals surface area contributed by atoms with E-state index in [0.29, 0.717) is 29.9 Å². The largest absolute Gasteiger partial charge is 0.322 e. The molecular formula is C22H19BrN2O3S. The summed E-state index contributed by atoms with van der Waals surface area (Å²) in [6, 6.07) is 19.3. The van der Waals surface area contributed by atoms with Crippen LogP contribution < -0.4 is 9.62 Å². The SMILES string of the molecule is Cc1ccc(S(=O)(=O)N2CCc3cc(NC(=O)c4ccc(Br)cc4)ccc32)cc1. The second kappa shape index (κ2) is 7.65. The molecule has 1 amide bonds. The van der Waals surface area contributed by atoms with Gasteiger partial charge in [-0.1, -0.05) is 33.6 Å². The zero-order valence-corrected chi connectivity index (χ0v) is 18.1. The smallest absolute Gasteiger partial charge is 0.264 e. The van der Waals surface area contributed by atoms with Crippen LogP contribution in [0, 0.1) is 6.92 Å². The molecule has 4 rings (SSSR count). The Morgan fingerprint density at radius 1 is 1.00 bits per heavy atom. The van der Waals surface area contributed by atoms with Crippen molar-refractivity contribution in [1.29, 1.82) is 0 Å². The molecule has 148 valence electrons. The maximum Gasteiger partial charge on any atom is 0.264 e. The van der Waals surface area contributed by atoms with Crippen LogP contribution >= 0.6 is 15.9 Å². The Balaban J connectivity index is 1.57. The van der Waals surface area contributed by atoms with E-state index >= 15 is 0 Å². The van der Waals surface area contributed by atoms with Crippen molar-refractivity contribution in [3.63, 3.8) is 0 Å². The predicted molar refractivity (Wildman–Crippen MR) is 118 cm³/mol. The van der Waals surface area contributed by atoms with Gasteiger partial charge in [0, 0.05) is 22.3 Å². The van der Waals surface area contributed by atoms with Crippen LogP contribution in [0.5, 0.6) is 0 Å². The number of halogens is 1. The molecule has 0 bridgehead atoms. The van der Waals surface area contributed by atoms with E-state index in [1.54, 1.807) is 48.5 Å². The van der Waals surface area contributed by atoms with Gasteiger partial charge in [-0.05, 0) is 73.5 Å². The van der Waals surface area contributed by atoms with Crippen molar-refractivity contribution < 1.29 is 13.2 Å². The number of nitrogens with zero attached hydrogens (tertiary/aromatic N) is 1. The summed E-state index contributed by atoms with van der Waals surface area (Å²) in [5.41, 5.74) is 3.77. The molecule has 0 aromatic heterocycles. The number of nitrogens with one attached hydrogen (secondary N) is 1. The molecule has 7 heteroatoms. The van der Waals surface area contributed by atoms with Gasteiger partial charge in [-0.15, -0.1) is 0 Å². The quantitative estimate of drug-likeness (QED) is 0.597. The summed E-state index contributed by atoms with van der Waals surface area (Å²) in [4.78, 5) is 12.7. The van der Waals surface area contributed by atoms with E-state index in [4.69, 9.17) is 0 Å². The highest BCUT2D eigenvalue weighted by atomic mass is 79.9. The van der Waals surface area contributed by atoms with Crippen molar-refractivity contribution in [2.75, 3.05) is 16.2 Å². The lowest BCUT2D eigenvalue weighted by atomic mass is 10.1. The average molecular weight is 471 g/mol. The first kappa shape index (κ1) is 19.7. The first-order valence-electron chi connectivity index (χ1n) is 9.14. The normalized spacial score (nSPS) is 13.2. The lowest BCUT2D eigenvalue weighted by Crippen LogP contribution is -2.29. The van der Waals surface area contributed by atoms with Gasteiger partial charge < -0.3 is 5.32 Å². The van der Waals surface area contributed by atoms with Crippen molar-refractivity contribution in [3.05, 3.63) is 87.9 Å². The minimum Gasteiger partial charge on any atom is -0.322 e. The first-order chi connectivity index (χ1) is 13.8. The fourth-order valence-electron chi connectivity index (χ4n) is 3.34. The number of fused-ring (bicyclic) bond motifs is 1. The molecule has 1 heterocycles. The number of hydrogen-bond donors (Lipinski definition) is 1. The summed E-state index contributed by atoms with van der Waals surface area (Å²) in [5, 5.41) is 2.88. The lowest BCUT2D eigenvalue weighted by Gasteiger charge is -2.20. The molecule has 3 aromatic carbocycles. The summed E-state index contributed by atoms with van der Waals surface area (Å²) in [6.07, 6.45) is 0.600. The molecule has 0 spiro atoms. The van der Waals surface area contributed by atoms with E-state index in [1.165, 1.54) is 4.31 Å². The molecule has 0 fully saturated rings. The number of amides is 1. The van der Waals surface area contributed by atoms with E-state index < -0.39 is 10.0 Å². The highest BCUT2D eigenvalue weighted by molar-refractivity contribution is 9.10. The van der Waals surface area contributed by atoms with E-state index in [2.05, 4.69) is 21.2 Å². The molecule has 0 atom stereocenters. The summed E-state index contributed by atoms with van der Waals surface area (Å²) in [7, 11) is -3.61. The van der Waals surface area contributed by atoms with Crippen LogP contribution in [0.15, 0.2) is 76.1 Å². The summed E-state index contributed by atoms with van der Waals surface area (Å²) < 4.78 is 28.4. The molecule has 29 heavy (non-hydrogen) atoms. The van der Waals surface area contributed by atoms with Gasteiger partial charge in [0.05, 0.1) is 10.6 Å². The molecule has 0 unspecified atom stereocenters. The number of anilines is 2. The average Bonchev–Trinajstić information content (AvgIpc) is 3.13. The van der Waals surface area contributed by atoms with Gasteiger partial charge in [0.25, 0.3) is 15.9 Å². The number of carbonyl (C=O) groups excluding carboxylic acids is 1. The first-order valence-corrected chi connectivity index (χ1v) is 11.4. The molecule has 3 aromatic rings. The third kappa shape index (κ3) is 3.93. The monoisotopic (exact) mass is 470 g/mol. The Hall–Kier alpha value is -2.64. The molecule has 1 aliphatic heterocycles. The zero-order chi connectivity index (χ0) is 20.6. The Morgan fingerprint density at radius 3 is 2.38 bits per heavy atom. The molecule has 1 aliphatic rings. The number of sulfonamides is 1. The number of benzene rings is 3. The topological polar surface area (TPSA) is 66.5 Å². The standard InChI is InChI=1S/C22H19BrN2O3S/c1-15-2-9-20(10-3-15)29(27,28)25-13-12-17-14-19(8-11-21(17)25)24-22(26)16-4-6-18(23)7-5-16/h2-11,14H,12-13H2,1H3,(H,24,26). The molecule has 0 aliphatic carbocycles. The zero-order valence-electron chi connectivity index (χ0n) is 15.7. The number of aryl methyl sites for hydroxylation is 1. The highest BCUT2D eigenvalue weighted by Gasteiger charge is 2.31. The van der Waals surface area contributed by atoms with Gasteiger partial charge >= 0.3 is 0 Å². The predicted octanol–water partition coefficient (Wildman–Crippen LogP) is 4.76. The minimum atomic E-state index is -3.61. The van der Waals surface area contributed by atoms with Gasteiger partial charge in [0.1, 0.15) is 0 Å². The van der Waals surface area contributed by atoms with Gasteiger partial charge in [-0.3, -0.25) is 9.10 Å². The number of rotatable bonds is 4. The van der Waals surface area contributed by atoms with E-state index in [1.807, 2.05) is 25.1 Å². The molecular weight excluding hydrogens is 452 g/mol. The van der Waals surface area contributed by atoms with Crippen LogP contribution in [-0.4, -0.2) is 20.9 Å². The third-order valence-electron chi connectivity index (χ3n) is 4.91. The number of hydrogen-bond acceptors (Lipinski definition) is 3. The van der Waals surface area contributed by atoms with Crippen LogP contribution in [0.4, 0.5) is 11.4 Å². The summed E-state index contributed by atoms with van der Waals surface area (Å²) in [6.45, 7) is 2.31. The summed E-state index contributed by atoms with van der Waals surface area (Å²) >= 11 is 3.35. The van der Waals surface area contributed by atoms with Crippen molar-refractivity contribution >= 4 is 43.2 Å². The maximum absolute atomic E-state index is 13.0. The fraction of sp³-hybridized carbons (Fsp3) is 0.136. The molecule has 0 saturated carbocycles. The van der Waals surface area contributed by atoms with Gasteiger partial charge in [-0.25, -0.2) is 8.42 Å². The lowest BCUT2D eigenvalue weighted by molar-refractivity contribution is 0.102. The van der Waals surface area contributed by atoms with Crippen LogP contribution in [0.3, 0.4) is 0 Å². The third-order valence-corrected chi connectivity index (χ3v) is 7.26. The fourth-order valence-corrected chi connectivity index (χ4v) is 5.11. The van der Waals surface area contributed by atoms with Crippen molar-refractivity contribution in [2.24, 2.45) is 0 Å². The van der Waals surface area contributed by atoms with Gasteiger partial charge in [0.2, 0.25) is 0 Å². The van der Waals surface area contributed by atoms with Crippen LogP contribution in [0.2, 0.25) is 0 Å². The molecule has 5 nitrogen and oxygen atoms in total. The second-order valence-corrected chi connectivity index (χ2v) is 9.72. The summed E-state index contributed by atoms with van der Waals surface area (Å²) in [5.74, 6) is -0.209. The Labute approximate surface area is 178 Å². The van der Waals surface area contributed by atoms with Crippen molar-refractivity contribution in [1.82, 2.24) is 0 Å². The van der Waals surface area contributed by atoms with E-state index in [-0.39, 0.29) is 10.8 Å². The van der Waals surface area contributed by atoms with Gasteiger partial charge in [0.15, 0.2) is 0 Å². The Bertz CT molecular complexity index is 1170. The van der Waals surface area contributed by atoms with Crippen LogP contribution in [0.25, 0.3) is 0 Å². The highest BCUT2D eigenvalue weighted by Crippen LogP contribution is 2.34. The van der Waals surface area contributed by atoms with Gasteiger partial charge in [-0.2, -0.15) is 0 Å². The van der Waals surface area contributed by atoms with Crippen molar-refractivity contribution in [2.45, 2.75) is 18.2 Å². The maximum atomic E-state index is 13.0. The minimum absolute atomic E-state index is 0.209. The van der Waals surface area contributed by atoms with Crippen molar-refractivity contribution in [3.8, 4) is 0 Å². The van der Waals surface area contributed by atoms with Crippen LogP contribution in [-0.2, 0) is 16.4 Å². The Kier molecular flexibility index (Phi) is 5.19. The molecule has 0 saturated heterocycles.